The first-order chi connectivity index (χ1) is 9.61. The number of halogens is 3. The second-order valence-electron chi connectivity index (χ2n) is 6.30. The molecule has 1 aromatic rings. The van der Waals surface area contributed by atoms with Crippen LogP contribution in [0.3, 0.4) is 0 Å². The fourth-order valence-electron chi connectivity index (χ4n) is 2.01. The van der Waals surface area contributed by atoms with Crippen LogP contribution in [0.1, 0.15) is 45.4 Å². The largest absolute Gasteiger partial charge is 0.468 e. The molecule has 1 aromatic heterocycles. The molecule has 6 heteroatoms. The lowest BCUT2D eigenvalue weighted by atomic mass is 10.1. The zero-order chi connectivity index (χ0) is 16.1. The molecule has 122 valence electrons. The van der Waals surface area contributed by atoms with Gasteiger partial charge in [0, 0.05) is 17.6 Å². The highest BCUT2D eigenvalue weighted by atomic mass is 19.4. The van der Waals surface area contributed by atoms with Crippen LogP contribution in [-0.2, 0) is 13.1 Å². The van der Waals surface area contributed by atoms with Gasteiger partial charge in [-0.15, -0.1) is 0 Å². The average Bonchev–Trinajstić information content (AvgIpc) is 2.71. The van der Waals surface area contributed by atoms with E-state index in [-0.39, 0.29) is 12.1 Å². The van der Waals surface area contributed by atoms with Gasteiger partial charge in [-0.2, -0.15) is 13.2 Å². The Bertz CT molecular complexity index is 421. The molecule has 0 atom stereocenters. The van der Waals surface area contributed by atoms with Gasteiger partial charge in [0.2, 0.25) is 0 Å². The highest BCUT2D eigenvalue weighted by Crippen LogP contribution is 2.20. The van der Waals surface area contributed by atoms with Crippen molar-refractivity contribution in [3.8, 4) is 0 Å². The van der Waals surface area contributed by atoms with Crippen molar-refractivity contribution in [1.82, 2.24) is 10.2 Å². The highest BCUT2D eigenvalue weighted by Gasteiger charge is 2.31. The number of rotatable bonds is 7. The quantitative estimate of drug-likeness (QED) is 0.827. The molecule has 0 radical (unpaired) electrons. The van der Waals surface area contributed by atoms with E-state index in [0.717, 1.165) is 5.56 Å². The fourth-order valence-corrected chi connectivity index (χ4v) is 2.01. The molecule has 0 unspecified atom stereocenters. The van der Waals surface area contributed by atoms with E-state index < -0.39 is 12.7 Å². The van der Waals surface area contributed by atoms with Gasteiger partial charge in [-0.3, -0.25) is 4.90 Å². The lowest BCUT2D eigenvalue weighted by Gasteiger charge is -2.23. The maximum absolute atomic E-state index is 12.6. The van der Waals surface area contributed by atoms with Gasteiger partial charge in [-0.1, -0.05) is 6.92 Å². The van der Waals surface area contributed by atoms with Gasteiger partial charge in [0.15, 0.2) is 0 Å². The summed E-state index contributed by atoms with van der Waals surface area (Å²) in [6, 6.07) is 1.81. The van der Waals surface area contributed by atoms with Gasteiger partial charge in [0.25, 0.3) is 0 Å². The third-order valence-electron chi connectivity index (χ3n) is 2.96. The van der Waals surface area contributed by atoms with Crippen molar-refractivity contribution in [3.63, 3.8) is 0 Å². The zero-order valence-electron chi connectivity index (χ0n) is 13.2. The lowest BCUT2D eigenvalue weighted by Crippen LogP contribution is -2.36. The van der Waals surface area contributed by atoms with Crippen LogP contribution in [0.5, 0.6) is 0 Å². The van der Waals surface area contributed by atoms with Crippen LogP contribution in [0.25, 0.3) is 0 Å². The minimum atomic E-state index is -4.19. The van der Waals surface area contributed by atoms with Gasteiger partial charge in [0.1, 0.15) is 5.76 Å². The summed E-state index contributed by atoms with van der Waals surface area (Å²) in [5.41, 5.74) is 0.858. The fraction of sp³-hybridized carbons (Fsp3) is 0.733. The van der Waals surface area contributed by atoms with Crippen molar-refractivity contribution in [3.05, 3.63) is 23.7 Å². The van der Waals surface area contributed by atoms with Gasteiger partial charge in [-0.25, -0.2) is 0 Å². The molecule has 1 rings (SSSR count). The number of furan rings is 1. The summed E-state index contributed by atoms with van der Waals surface area (Å²) in [5, 5.41) is 3.32. The Hall–Kier alpha value is -1.01. The van der Waals surface area contributed by atoms with Crippen molar-refractivity contribution < 1.29 is 17.6 Å². The Morgan fingerprint density at radius 1 is 1.24 bits per heavy atom. The SMILES string of the molecule is CCCN(Cc1occc1CNC(C)(C)C)CC(F)(F)F. The predicted molar refractivity (Wildman–Crippen MR) is 76.9 cm³/mol. The Morgan fingerprint density at radius 2 is 1.90 bits per heavy atom. The van der Waals surface area contributed by atoms with E-state index >= 15 is 0 Å². The number of hydrogen-bond donors (Lipinski definition) is 1. The lowest BCUT2D eigenvalue weighted by molar-refractivity contribution is -0.147. The van der Waals surface area contributed by atoms with Crippen LogP contribution in [0.15, 0.2) is 16.7 Å². The molecular formula is C15H25F3N2O. The topological polar surface area (TPSA) is 28.4 Å². The first kappa shape index (κ1) is 18.0. The molecule has 1 N–H and O–H groups in total. The Labute approximate surface area is 124 Å². The molecule has 0 saturated carbocycles. The minimum Gasteiger partial charge on any atom is -0.468 e. The summed E-state index contributed by atoms with van der Waals surface area (Å²) >= 11 is 0. The number of nitrogens with one attached hydrogen (secondary N) is 1. The van der Waals surface area contributed by atoms with Crippen LogP contribution in [0, 0.1) is 0 Å². The second kappa shape index (κ2) is 7.31. The van der Waals surface area contributed by atoms with E-state index in [9.17, 15) is 13.2 Å². The molecule has 0 bridgehead atoms. The van der Waals surface area contributed by atoms with Crippen LogP contribution in [-0.4, -0.2) is 29.7 Å². The Morgan fingerprint density at radius 3 is 2.43 bits per heavy atom. The molecule has 0 aliphatic carbocycles. The van der Waals surface area contributed by atoms with Crippen molar-refractivity contribution in [1.29, 1.82) is 0 Å². The number of nitrogens with zero attached hydrogens (tertiary/aromatic N) is 1. The van der Waals surface area contributed by atoms with E-state index in [4.69, 9.17) is 4.42 Å². The third kappa shape index (κ3) is 7.52. The van der Waals surface area contributed by atoms with Crippen LogP contribution >= 0.6 is 0 Å². The van der Waals surface area contributed by atoms with Crippen LogP contribution < -0.4 is 5.32 Å². The summed E-state index contributed by atoms with van der Waals surface area (Å²) < 4.78 is 43.1. The zero-order valence-corrected chi connectivity index (χ0v) is 13.2. The molecular weight excluding hydrogens is 281 g/mol. The second-order valence-corrected chi connectivity index (χ2v) is 6.30. The smallest absolute Gasteiger partial charge is 0.401 e. The van der Waals surface area contributed by atoms with Gasteiger partial charge in [0.05, 0.1) is 19.4 Å². The van der Waals surface area contributed by atoms with Crippen molar-refractivity contribution >= 4 is 0 Å². The number of hydrogen-bond acceptors (Lipinski definition) is 3. The summed E-state index contributed by atoms with van der Waals surface area (Å²) in [5.74, 6) is 0.601. The van der Waals surface area contributed by atoms with E-state index in [0.29, 0.717) is 25.3 Å². The summed E-state index contributed by atoms with van der Waals surface area (Å²) in [6.07, 6.45) is -1.98. The molecule has 0 saturated heterocycles. The molecule has 21 heavy (non-hydrogen) atoms. The Balaban J connectivity index is 2.69. The molecule has 1 heterocycles. The van der Waals surface area contributed by atoms with E-state index in [1.54, 1.807) is 0 Å². The van der Waals surface area contributed by atoms with Crippen molar-refractivity contribution in [2.45, 2.75) is 58.9 Å². The molecule has 0 aromatic carbocycles. The molecule has 0 fully saturated rings. The normalized spacial score (nSPS) is 13.1. The van der Waals surface area contributed by atoms with Crippen molar-refractivity contribution in [2.24, 2.45) is 0 Å². The standard InChI is InChI=1S/C15H25F3N2O/c1-5-7-20(11-15(16,17)18)10-13-12(6-8-21-13)9-19-14(2,3)4/h6,8,19H,5,7,9-11H2,1-4H3. The van der Waals surface area contributed by atoms with Gasteiger partial charge >= 0.3 is 6.18 Å². The molecule has 3 nitrogen and oxygen atoms in total. The molecule has 0 spiro atoms. The highest BCUT2D eigenvalue weighted by molar-refractivity contribution is 5.17. The van der Waals surface area contributed by atoms with E-state index in [1.165, 1.54) is 11.2 Å². The summed E-state index contributed by atoms with van der Waals surface area (Å²) in [4.78, 5) is 1.37. The summed E-state index contributed by atoms with van der Waals surface area (Å²) in [7, 11) is 0. The third-order valence-corrected chi connectivity index (χ3v) is 2.96. The molecule has 0 aliphatic heterocycles. The Kier molecular flexibility index (Phi) is 6.28. The molecule has 0 aliphatic rings. The van der Waals surface area contributed by atoms with Gasteiger partial charge in [-0.05, 0) is 39.8 Å². The molecule has 0 amide bonds. The maximum Gasteiger partial charge on any atom is 0.401 e. The average molecular weight is 306 g/mol. The predicted octanol–water partition coefficient (Wildman–Crippen LogP) is 3.94. The first-order valence-electron chi connectivity index (χ1n) is 7.20. The van der Waals surface area contributed by atoms with Crippen molar-refractivity contribution in [2.75, 3.05) is 13.1 Å². The summed E-state index contributed by atoms with van der Waals surface area (Å²) in [6.45, 7) is 8.25. The van der Waals surface area contributed by atoms with E-state index in [2.05, 4.69) is 5.32 Å². The van der Waals surface area contributed by atoms with Crippen LogP contribution in [0.2, 0.25) is 0 Å². The number of alkyl halides is 3. The van der Waals surface area contributed by atoms with E-state index in [1.807, 2.05) is 33.8 Å². The van der Waals surface area contributed by atoms with Crippen LogP contribution in [0.4, 0.5) is 13.2 Å². The first-order valence-corrected chi connectivity index (χ1v) is 7.20. The minimum absolute atomic E-state index is 0.0520. The van der Waals surface area contributed by atoms with Gasteiger partial charge < -0.3 is 9.73 Å². The maximum atomic E-state index is 12.6. The monoisotopic (exact) mass is 306 g/mol.